The van der Waals surface area contributed by atoms with Gasteiger partial charge in [-0.25, -0.2) is 13.8 Å². The zero-order chi connectivity index (χ0) is 28.9. The summed E-state index contributed by atoms with van der Waals surface area (Å²) in [6.45, 7) is 0.0535. The minimum Gasteiger partial charge on any atom is -0.481 e. The Labute approximate surface area is 232 Å². The fourth-order valence-corrected chi connectivity index (χ4v) is 4.38. The largest absolute Gasteiger partial charge is 0.481 e. The molecule has 0 aliphatic carbocycles. The second kappa shape index (κ2) is 11.9. The molecule has 41 heavy (non-hydrogen) atoms. The molecule has 208 valence electrons. The van der Waals surface area contributed by atoms with Crippen LogP contribution in [0.1, 0.15) is 41.2 Å². The van der Waals surface area contributed by atoms with Gasteiger partial charge in [0.05, 0.1) is 23.1 Å². The lowest BCUT2D eigenvalue weighted by molar-refractivity contribution is -0.137. The Morgan fingerprint density at radius 2 is 1.63 bits per heavy atom. The van der Waals surface area contributed by atoms with Crippen LogP contribution in [-0.2, 0) is 17.8 Å². The molecule has 0 atom stereocenters. The molecule has 0 aliphatic rings. The highest BCUT2D eigenvalue weighted by atomic mass is 19.1. The molecule has 0 unspecified atom stereocenters. The van der Waals surface area contributed by atoms with Crippen molar-refractivity contribution < 1.29 is 28.0 Å². The number of benzene rings is 3. The summed E-state index contributed by atoms with van der Waals surface area (Å²) in [7, 11) is 0. The molecule has 0 bridgehead atoms. The zero-order valence-corrected chi connectivity index (χ0v) is 21.6. The van der Waals surface area contributed by atoms with Crippen LogP contribution in [0.2, 0.25) is 0 Å². The summed E-state index contributed by atoms with van der Waals surface area (Å²) in [5.41, 5.74) is 1.91. The van der Waals surface area contributed by atoms with E-state index in [0.717, 1.165) is 0 Å². The summed E-state index contributed by atoms with van der Waals surface area (Å²) in [6.07, 6.45) is 1.23. The zero-order valence-electron chi connectivity index (χ0n) is 21.6. The number of aromatic nitrogens is 3. The number of aliphatic carboxylic acids is 1. The summed E-state index contributed by atoms with van der Waals surface area (Å²) in [4.78, 5) is 41.5. The molecule has 0 saturated carbocycles. The van der Waals surface area contributed by atoms with Crippen molar-refractivity contribution in [1.29, 1.82) is 0 Å². The third-order valence-electron chi connectivity index (χ3n) is 6.45. The molecular weight excluding hydrogens is 534 g/mol. The van der Waals surface area contributed by atoms with Gasteiger partial charge in [-0.1, -0.05) is 11.2 Å². The molecule has 5 aromatic rings. The van der Waals surface area contributed by atoms with E-state index in [4.69, 9.17) is 14.6 Å². The van der Waals surface area contributed by atoms with Crippen LogP contribution in [0.3, 0.4) is 0 Å². The number of hydrogen-bond donors (Lipinski definition) is 2. The van der Waals surface area contributed by atoms with Gasteiger partial charge in [0.2, 0.25) is 0 Å². The molecule has 0 saturated heterocycles. The first-order valence-corrected chi connectivity index (χ1v) is 12.8. The molecule has 2 aromatic heterocycles. The molecule has 0 spiro atoms. The Kier molecular flexibility index (Phi) is 7.95. The maximum absolute atomic E-state index is 13.6. The minimum absolute atomic E-state index is 0.00262. The van der Waals surface area contributed by atoms with Gasteiger partial charge in [0.15, 0.2) is 5.76 Å². The summed E-state index contributed by atoms with van der Waals surface area (Å²) in [5, 5.41) is 16.1. The molecule has 0 aliphatic heterocycles. The van der Waals surface area contributed by atoms with E-state index in [0.29, 0.717) is 64.3 Å². The number of hydrogen-bond acceptors (Lipinski definition) is 6. The lowest BCUT2D eigenvalue weighted by atomic mass is 10.1. The number of rotatable bonds is 10. The number of nitrogens with zero attached hydrogens (tertiary/aromatic N) is 3. The molecule has 0 fully saturated rings. The smallest absolute Gasteiger partial charge is 0.303 e. The van der Waals surface area contributed by atoms with E-state index in [2.05, 4.69) is 10.5 Å². The highest BCUT2D eigenvalue weighted by Crippen LogP contribution is 2.24. The average Bonchev–Trinajstić information content (AvgIpc) is 3.44. The van der Waals surface area contributed by atoms with E-state index in [1.54, 1.807) is 24.3 Å². The van der Waals surface area contributed by atoms with Crippen molar-refractivity contribution in [3.8, 4) is 16.9 Å². The third kappa shape index (κ3) is 6.35. The lowest BCUT2D eigenvalue weighted by Crippen LogP contribution is -2.24. The Balaban J connectivity index is 1.41. The first-order chi connectivity index (χ1) is 19.8. The van der Waals surface area contributed by atoms with Crippen LogP contribution in [0, 0.1) is 11.6 Å². The number of nitrogens with one attached hydrogen (secondary N) is 1. The fourth-order valence-electron chi connectivity index (χ4n) is 4.38. The molecule has 1 amide bonds. The Morgan fingerprint density at radius 1 is 0.927 bits per heavy atom. The highest BCUT2D eigenvalue weighted by Gasteiger charge is 2.16. The Bertz CT molecular complexity index is 1780. The fraction of sp³-hybridized carbons (Fsp3) is 0.167. The van der Waals surface area contributed by atoms with Gasteiger partial charge in [-0.3, -0.25) is 19.0 Å². The highest BCUT2D eigenvalue weighted by molar-refractivity contribution is 5.94. The second-order valence-electron chi connectivity index (χ2n) is 9.35. The minimum atomic E-state index is -0.904. The number of carboxylic acid groups (broad SMARTS) is 1. The maximum Gasteiger partial charge on any atom is 0.303 e. The predicted octanol–water partition coefficient (Wildman–Crippen LogP) is 5.05. The van der Waals surface area contributed by atoms with Gasteiger partial charge in [0.25, 0.3) is 11.5 Å². The molecule has 9 nitrogen and oxygen atoms in total. The predicted molar refractivity (Wildman–Crippen MR) is 146 cm³/mol. The normalized spacial score (nSPS) is 11.1. The molecule has 3 aromatic carbocycles. The number of unbranched alkanes of at least 4 members (excludes halogenated alkanes) is 1. The number of carbonyl (C=O) groups is 2. The van der Waals surface area contributed by atoms with Gasteiger partial charge in [0, 0.05) is 30.0 Å². The monoisotopic (exact) mass is 558 g/mol. The van der Waals surface area contributed by atoms with Gasteiger partial charge in [-0.05, 0) is 73.5 Å². The summed E-state index contributed by atoms with van der Waals surface area (Å²) in [6, 6.07) is 17.3. The van der Waals surface area contributed by atoms with Gasteiger partial charge in [0.1, 0.15) is 23.2 Å². The van der Waals surface area contributed by atoms with Crippen LogP contribution in [0.15, 0.2) is 82.1 Å². The Morgan fingerprint density at radius 3 is 2.34 bits per heavy atom. The molecule has 0 radical (unpaired) electrons. The summed E-state index contributed by atoms with van der Waals surface area (Å²) in [5.74, 6) is -1.38. The van der Waals surface area contributed by atoms with Gasteiger partial charge in [-0.2, -0.15) is 0 Å². The quantitative estimate of drug-likeness (QED) is 0.230. The average molecular weight is 559 g/mol. The van der Waals surface area contributed by atoms with Crippen LogP contribution < -0.4 is 10.9 Å². The van der Waals surface area contributed by atoms with Crippen LogP contribution in [0.4, 0.5) is 8.78 Å². The van der Waals surface area contributed by atoms with E-state index in [1.807, 2.05) is 0 Å². The first kappa shape index (κ1) is 27.4. The van der Waals surface area contributed by atoms with Gasteiger partial charge >= 0.3 is 5.97 Å². The van der Waals surface area contributed by atoms with Gasteiger partial charge in [-0.15, -0.1) is 0 Å². The SMILES string of the molecule is O=C(O)CCCCc1nc2cc(-c3cc(CNC(=O)c4ccc(F)cc4)on3)ccc2c(=O)n1-c1ccc(F)cc1. The number of halogens is 2. The maximum atomic E-state index is 13.6. The molecular formula is C30H24F2N4O5. The summed E-state index contributed by atoms with van der Waals surface area (Å²) >= 11 is 0. The van der Waals surface area contributed by atoms with Crippen molar-refractivity contribution in [1.82, 2.24) is 20.0 Å². The topological polar surface area (TPSA) is 127 Å². The van der Waals surface area contributed by atoms with Crippen molar-refractivity contribution in [2.45, 2.75) is 32.2 Å². The van der Waals surface area contributed by atoms with E-state index in [1.165, 1.54) is 53.1 Å². The van der Waals surface area contributed by atoms with Crippen molar-refractivity contribution in [2.24, 2.45) is 0 Å². The molecule has 2 heterocycles. The van der Waals surface area contributed by atoms with Gasteiger partial charge < -0.3 is 14.9 Å². The van der Waals surface area contributed by atoms with E-state index in [-0.39, 0.29) is 18.5 Å². The lowest BCUT2D eigenvalue weighted by Gasteiger charge is -2.14. The van der Waals surface area contributed by atoms with E-state index >= 15 is 0 Å². The molecule has 5 rings (SSSR count). The van der Waals surface area contributed by atoms with Crippen LogP contribution >= 0.6 is 0 Å². The molecule has 11 heteroatoms. The van der Waals surface area contributed by atoms with Crippen LogP contribution in [0.5, 0.6) is 0 Å². The first-order valence-electron chi connectivity index (χ1n) is 12.8. The van der Waals surface area contributed by atoms with Crippen molar-refractivity contribution in [2.75, 3.05) is 0 Å². The number of aryl methyl sites for hydroxylation is 1. The van der Waals surface area contributed by atoms with Crippen molar-refractivity contribution in [3.63, 3.8) is 0 Å². The number of carbonyl (C=O) groups excluding carboxylic acids is 1. The molecule has 2 N–H and O–H groups in total. The van der Waals surface area contributed by atoms with E-state index < -0.39 is 23.5 Å². The third-order valence-corrected chi connectivity index (χ3v) is 6.45. The Hall–Kier alpha value is -5.19. The van der Waals surface area contributed by atoms with Crippen LogP contribution in [-0.4, -0.2) is 31.7 Å². The van der Waals surface area contributed by atoms with Crippen molar-refractivity contribution in [3.05, 3.63) is 112 Å². The number of fused-ring (bicyclic) bond motifs is 1. The number of amides is 1. The summed E-state index contributed by atoms with van der Waals surface area (Å²) < 4.78 is 33.4. The second-order valence-corrected chi connectivity index (χ2v) is 9.35. The van der Waals surface area contributed by atoms with Crippen LogP contribution in [0.25, 0.3) is 27.8 Å². The standard InChI is InChI=1S/C30H24F2N4O5/c31-20-8-5-18(6-9-20)29(39)33-17-23-16-25(35-41-23)19-7-14-24-26(15-19)34-27(3-1-2-4-28(37)38)36(30(24)40)22-12-10-21(32)11-13-22/h5-16H,1-4,17H2,(H,33,39)(H,37,38). The number of carboxylic acids is 1. The van der Waals surface area contributed by atoms with E-state index in [9.17, 15) is 23.2 Å². The van der Waals surface area contributed by atoms with Crippen molar-refractivity contribution >= 4 is 22.8 Å².